The summed E-state index contributed by atoms with van der Waals surface area (Å²) in [4.78, 5) is 0. The Labute approximate surface area is 169 Å². The van der Waals surface area contributed by atoms with Crippen molar-refractivity contribution < 1.29 is 175 Å². The Kier molecular flexibility index (Phi) is 248. The first-order valence-electron chi connectivity index (χ1n) is 0. The van der Waals surface area contributed by atoms with Gasteiger partial charge in [-0.25, -0.2) is 0 Å². The van der Waals surface area contributed by atoms with E-state index >= 15 is 0 Å². The molecule has 6 heteroatoms. The zero-order valence-corrected chi connectivity index (χ0v) is 13.9. The third kappa shape index (κ3) is 23.2. The molecular weight excluding hydrogens is 165 g/mol. The zero-order valence-electron chi connectivity index (χ0n) is 7.50. The van der Waals surface area contributed by atoms with Gasteiger partial charge in [0.1, 0.15) is 0 Å². The molecule has 0 aliphatic rings. The van der Waals surface area contributed by atoms with Crippen molar-refractivity contribution in [3.63, 3.8) is 0 Å². The molecule has 0 saturated carbocycles. The average Bonchev–Trinajstić information content (AvgIpc) is 0. The van der Waals surface area contributed by atoms with Crippen LogP contribution in [0.3, 0.4) is 0 Å². The molecule has 6 heavy (non-hydrogen) atoms. The normalized spacial score (nSPS) is 0. The van der Waals surface area contributed by atoms with Crippen LogP contribution in [0.15, 0.2) is 0 Å². The van der Waals surface area contributed by atoms with Gasteiger partial charge in [0, 0.05) is 0 Å². The van der Waals surface area contributed by atoms with E-state index in [9.17, 15) is 0 Å². The van der Waals surface area contributed by atoms with Gasteiger partial charge in [0.25, 0.3) is 0 Å². The SMILES string of the molecule is O.O.O.[H-].[H-].[H-].[K+].[K+].[K+]. The van der Waals surface area contributed by atoms with E-state index in [-0.39, 0.29) is 175 Å². The predicted molar refractivity (Wildman–Crippen MR) is 14.2 cm³/mol. The van der Waals surface area contributed by atoms with Crippen LogP contribution in [0.5, 0.6) is 0 Å². The number of rotatable bonds is 0. The van der Waals surface area contributed by atoms with E-state index in [1.54, 1.807) is 0 Å². The second-order valence-electron chi connectivity index (χ2n) is 0. The van der Waals surface area contributed by atoms with Crippen molar-refractivity contribution in [2.24, 2.45) is 0 Å². The molecule has 0 bridgehead atoms. The Bertz CT molecular complexity index is 14.3. The average molecular weight is 174 g/mol. The Morgan fingerprint density at radius 3 is 0.500 bits per heavy atom. The largest absolute Gasteiger partial charge is 1.00 e. The summed E-state index contributed by atoms with van der Waals surface area (Å²) in [6, 6.07) is 0. The summed E-state index contributed by atoms with van der Waals surface area (Å²) in [7, 11) is 0. The van der Waals surface area contributed by atoms with Crippen molar-refractivity contribution in [1.29, 1.82) is 0 Å². The maximum atomic E-state index is 0. The predicted octanol–water partition coefficient (Wildman–Crippen LogP) is -11.1. The molecule has 0 fully saturated rings. The topological polar surface area (TPSA) is 94.5 Å². The molecule has 0 heterocycles. The van der Waals surface area contributed by atoms with E-state index < -0.39 is 0 Å². The third-order valence-electron chi connectivity index (χ3n) is 0. The van der Waals surface area contributed by atoms with E-state index in [2.05, 4.69) is 0 Å². The van der Waals surface area contributed by atoms with Crippen molar-refractivity contribution >= 4 is 0 Å². The van der Waals surface area contributed by atoms with Gasteiger partial charge in [-0.3, -0.25) is 0 Å². The van der Waals surface area contributed by atoms with Gasteiger partial charge >= 0.3 is 154 Å². The standard InChI is InChI=1S/3K.3H2O.3H/h;;;3*1H2;;;/q3*+1;;;;3*-1. The monoisotopic (exact) mass is 174 g/mol. The van der Waals surface area contributed by atoms with Crippen LogP contribution < -0.4 is 154 Å². The molecule has 0 rings (SSSR count). The first-order valence-corrected chi connectivity index (χ1v) is 0. The maximum absolute atomic E-state index is 0. The summed E-state index contributed by atoms with van der Waals surface area (Å²) in [6.45, 7) is 0. The van der Waals surface area contributed by atoms with Gasteiger partial charge in [-0.2, -0.15) is 0 Å². The van der Waals surface area contributed by atoms with Crippen LogP contribution >= 0.6 is 0 Å². The molecule has 0 atom stereocenters. The molecule has 6 N–H and O–H groups in total. The van der Waals surface area contributed by atoms with Gasteiger partial charge in [0.2, 0.25) is 0 Å². The minimum absolute atomic E-state index is 0. The fourth-order valence-electron chi connectivity index (χ4n) is 0. The van der Waals surface area contributed by atoms with Crippen LogP contribution in [-0.4, -0.2) is 16.4 Å². The fourth-order valence-corrected chi connectivity index (χ4v) is 0. The van der Waals surface area contributed by atoms with Crippen molar-refractivity contribution in [2.45, 2.75) is 0 Å². The maximum Gasteiger partial charge on any atom is 1.00 e. The quantitative estimate of drug-likeness (QED) is 0.326. The molecule has 30 valence electrons. The van der Waals surface area contributed by atoms with E-state index in [0.29, 0.717) is 0 Å². The van der Waals surface area contributed by atoms with Crippen molar-refractivity contribution in [1.82, 2.24) is 0 Å². The molecule has 0 amide bonds. The number of hydrogen-bond acceptors (Lipinski definition) is 0. The van der Waals surface area contributed by atoms with Gasteiger partial charge in [-0.1, -0.05) is 0 Å². The summed E-state index contributed by atoms with van der Waals surface area (Å²) < 4.78 is 0. The summed E-state index contributed by atoms with van der Waals surface area (Å²) in [6.07, 6.45) is 0. The molecule has 3 nitrogen and oxygen atoms in total. The van der Waals surface area contributed by atoms with Crippen LogP contribution in [0.4, 0.5) is 0 Å². The van der Waals surface area contributed by atoms with Crippen LogP contribution in [-0.2, 0) is 0 Å². The molecule has 0 spiro atoms. The third-order valence-corrected chi connectivity index (χ3v) is 0. The van der Waals surface area contributed by atoms with E-state index in [0.717, 1.165) is 0 Å². The van der Waals surface area contributed by atoms with Crippen LogP contribution in [0.1, 0.15) is 4.28 Å². The summed E-state index contributed by atoms with van der Waals surface area (Å²) in [5.74, 6) is 0. The smallest absolute Gasteiger partial charge is 1.00 e. The van der Waals surface area contributed by atoms with Crippen LogP contribution in [0.2, 0.25) is 0 Å². The fraction of sp³-hybridized carbons (Fsp3) is 0. The van der Waals surface area contributed by atoms with Gasteiger partial charge in [0.15, 0.2) is 0 Å². The number of hydrogen-bond donors (Lipinski definition) is 0. The zero-order chi connectivity index (χ0) is 0. The Hall–Kier alpha value is 4.79. The Morgan fingerprint density at radius 1 is 0.500 bits per heavy atom. The van der Waals surface area contributed by atoms with E-state index in [4.69, 9.17) is 0 Å². The van der Waals surface area contributed by atoms with Crippen molar-refractivity contribution in [3.05, 3.63) is 0 Å². The summed E-state index contributed by atoms with van der Waals surface area (Å²) in [5, 5.41) is 0. The summed E-state index contributed by atoms with van der Waals surface area (Å²) >= 11 is 0. The molecule has 0 aliphatic carbocycles. The van der Waals surface area contributed by atoms with Gasteiger partial charge in [-0.15, -0.1) is 0 Å². The molecule has 0 saturated heterocycles. The van der Waals surface area contributed by atoms with Gasteiger partial charge in [-0.05, 0) is 0 Å². The van der Waals surface area contributed by atoms with E-state index in [1.165, 1.54) is 0 Å². The first kappa shape index (κ1) is 45.1. The van der Waals surface area contributed by atoms with Gasteiger partial charge < -0.3 is 20.7 Å². The second-order valence-corrected chi connectivity index (χ2v) is 0. The Balaban J connectivity index is 0. The molecule has 0 aromatic carbocycles. The molecule has 0 unspecified atom stereocenters. The molecular formula is H9K3O3. The second kappa shape index (κ2) is 33.0. The minimum Gasteiger partial charge on any atom is -1.00 e. The Morgan fingerprint density at radius 2 is 0.500 bits per heavy atom. The van der Waals surface area contributed by atoms with Crippen molar-refractivity contribution in [2.75, 3.05) is 0 Å². The molecule has 0 aromatic rings. The summed E-state index contributed by atoms with van der Waals surface area (Å²) in [5.41, 5.74) is 0. The molecule has 0 aliphatic heterocycles. The first-order chi connectivity index (χ1) is 0. The van der Waals surface area contributed by atoms with Crippen LogP contribution in [0, 0.1) is 0 Å². The van der Waals surface area contributed by atoms with Crippen LogP contribution in [0.25, 0.3) is 0 Å². The van der Waals surface area contributed by atoms with Crippen molar-refractivity contribution in [3.8, 4) is 0 Å². The minimum atomic E-state index is 0. The molecule has 0 radical (unpaired) electrons. The van der Waals surface area contributed by atoms with E-state index in [1.807, 2.05) is 0 Å². The van der Waals surface area contributed by atoms with Gasteiger partial charge in [0.05, 0.1) is 0 Å². The molecule has 0 aromatic heterocycles.